The Balaban J connectivity index is 1.60. The first-order chi connectivity index (χ1) is 16.5. The summed E-state index contributed by atoms with van der Waals surface area (Å²) in [6.07, 6.45) is 0.385. The van der Waals surface area contributed by atoms with Crippen LogP contribution in [0.15, 0.2) is 51.3 Å². The van der Waals surface area contributed by atoms with Crippen molar-refractivity contribution in [2.24, 2.45) is 5.73 Å². The summed E-state index contributed by atoms with van der Waals surface area (Å²) in [7, 11) is 1.53. The lowest BCUT2D eigenvalue weighted by Gasteiger charge is -2.20. The van der Waals surface area contributed by atoms with Crippen molar-refractivity contribution in [3.63, 3.8) is 0 Å². The van der Waals surface area contributed by atoms with Gasteiger partial charge in [0.15, 0.2) is 17.5 Å². The highest BCUT2D eigenvalue weighted by molar-refractivity contribution is 5.95. The maximum atomic E-state index is 14.7. The maximum absolute atomic E-state index is 14.7. The minimum Gasteiger partial charge on any atom is -0.446 e. The largest absolute Gasteiger partial charge is 0.446 e. The van der Waals surface area contributed by atoms with E-state index in [1.165, 1.54) is 18.0 Å². The number of hydrogen-bond acceptors (Lipinski definition) is 7. The number of aromatic nitrogens is 3. The molecule has 0 spiro atoms. The molecule has 0 aliphatic heterocycles. The Bertz CT molecular complexity index is 1360. The van der Waals surface area contributed by atoms with Crippen LogP contribution in [0.5, 0.6) is 0 Å². The number of carbonyl (C=O) groups excluding carboxylic acids is 1. The number of oxazole rings is 1. The first-order valence-corrected chi connectivity index (χ1v) is 10.9. The van der Waals surface area contributed by atoms with Crippen LogP contribution in [0.1, 0.15) is 46.1 Å². The Kier molecular flexibility index (Phi) is 6.49. The van der Waals surface area contributed by atoms with Crippen LogP contribution in [0.25, 0.3) is 11.5 Å². The van der Waals surface area contributed by atoms with E-state index in [1.807, 2.05) is 30.3 Å². The third-order valence-corrected chi connectivity index (χ3v) is 5.57. The number of rotatable bonds is 7. The second kappa shape index (κ2) is 9.38. The van der Waals surface area contributed by atoms with E-state index in [0.29, 0.717) is 23.8 Å². The third kappa shape index (κ3) is 5.12. The predicted molar refractivity (Wildman–Crippen MR) is 123 cm³/mol. The number of halogens is 2. The van der Waals surface area contributed by atoms with Gasteiger partial charge in [-0.2, -0.15) is 0 Å². The smallest absolute Gasteiger partial charge is 0.254 e. The number of amides is 1. The molecular weight excluding hydrogens is 456 g/mol. The van der Waals surface area contributed by atoms with Crippen molar-refractivity contribution in [1.29, 1.82) is 0 Å². The molecule has 0 aliphatic rings. The van der Waals surface area contributed by atoms with Gasteiger partial charge < -0.3 is 19.5 Å². The Hall–Kier alpha value is -3.92. The van der Waals surface area contributed by atoms with Gasteiger partial charge >= 0.3 is 0 Å². The minimum absolute atomic E-state index is 0.0573. The van der Waals surface area contributed by atoms with E-state index in [1.54, 1.807) is 20.8 Å². The lowest BCUT2D eigenvalue weighted by Crippen LogP contribution is -2.35. The van der Waals surface area contributed by atoms with E-state index in [2.05, 4.69) is 15.2 Å². The Morgan fingerprint density at radius 2 is 1.83 bits per heavy atom. The molecule has 2 N–H and O–H groups in total. The normalized spacial score (nSPS) is 13.0. The van der Waals surface area contributed by atoms with Gasteiger partial charge in [0, 0.05) is 19.5 Å². The molecular formula is C25H25F2N5O3. The van der Waals surface area contributed by atoms with Gasteiger partial charge in [0.25, 0.3) is 11.8 Å². The molecule has 0 fully saturated rings. The molecule has 182 valence electrons. The van der Waals surface area contributed by atoms with E-state index in [0.717, 1.165) is 11.6 Å². The summed E-state index contributed by atoms with van der Waals surface area (Å²) in [5, 5.41) is 7.84. The Morgan fingerprint density at radius 3 is 2.49 bits per heavy atom. The van der Waals surface area contributed by atoms with Crippen LogP contribution in [0.3, 0.4) is 0 Å². The van der Waals surface area contributed by atoms with E-state index in [9.17, 15) is 13.6 Å². The first-order valence-electron chi connectivity index (χ1n) is 10.9. The minimum atomic E-state index is -1.22. The topological polar surface area (TPSA) is 111 Å². The van der Waals surface area contributed by atoms with Crippen LogP contribution in [0, 0.1) is 25.5 Å². The van der Waals surface area contributed by atoms with Crippen molar-refractivity contribution < 1.29 is 22.4 Å². The van der Waals surface area contributed by atoms with Crippen LogP contribution in [-0.4, -0.2) is 33.0 Å². The number of nitrogens with two attached hydrogens (primary N) is 1. The lowest BCUT2D eigenvalue weighted by molar-refractivity contribution is 0.0782. The van der Waals surface area contributed by atoms with Crippen LogP contribution in [-0.2, 0) is 18.5 Å². The van der Waals surface area contributed by atoms with Crippen LogP contribution in [0.2, 0.25) is 0 Å². The standard InChI is InChI=1S/C25H25F2N5O3/c1-14-20(29-15(2)34-14)13-32(4)23(33)17-10-18(21(27)19(26)11-17)22-30-31-24(35-22)25(3,28)12-16-8-6-5-7-9-16/h5-11H,12-13,28H2,1-4H3. The van der Waals surface area contributed by atoms with E-state index in [-0.39, 0.29) is 29.5 Å². The maximum Gasteiger partial charge on any atom is 0.254 e. The van der Waals surface area contributed by atoms with E-state index >= 15 is 0 Å². The summed E-state index contributed by atoms with van der Waals surface area (Å²) < 4.78 is 40.2. The third-order valence-electron chi connectivity index (χ3n) is 5.57. The van der Waals surface area contributed by atoms with E-state index in [4.69, 9.17) is 14.6 Å². The van der Waals surface area contributed by atoms with Crippen LogP contribution < -0.4 is 5.73 Å². The number of aryl methyl sites for hydroxylation is 2. The van der Waals surface area contributed by atoms with Crippen LogP contribution in [0.4, 0.5) is 8.78 Å². The molecule has 0 aliphatic carbocycles. The molecule has 1 amide bonds. The zero-order valence-electron chi connectivity index (χ0n) is 19.8. The molecule has 2 aromatic heterocycles. The van der Waals surface area contributed by atoms with Crippen molar-refractivity contribution in [1.82, 2.24) is 20.1 Å². The molecule has 35 heavy (non-hydrogen) atoms. The molecule has 2 aromatic carbocycles. The van der Waals surface area contributed by atoms with Gasteiger partial charge in [0.05, 0.1) is 17.6 Å². The summed E-state index contributed by atoms with van der Waals surface area (Å²) in [6, 6.07) is 11.5. The first kappa shape index (κ1) is 24.2. The average Bonchev–Trinajstić information content (AvgIpc) is 3.42. The molecule has 0 saturated heterocycles. The highest BCUT2D eigenvalue weighted by Crippen LogP contribution is 2.29. The number of carbonyl (C=O) groups is 1. The molecule has 1 atom stereocenters. The molecule has 10 heteroatoms. The summed E-state index contributed by atoms with van der Waals surface area (Å²) in [6.45, 7) is 5.27. The Morgan fingerprint density at radius 1 is 1.11 bits per heavy atom. The van der Waals surface area contributed by atoms with Gasteiger partial charge in [-0.05, 0) is 38.0 Å². The molecule has 2 heterocycles. The van der Waals surface area contributed by atoms with E-state index < -0.39 is 23.1 Å². The lowest BCUT2D eigenvalue weighted by atomic mass is 9.94. The fraction of sp³-hybridized carbons (Fsp3) is 0.280. The summed E-state index contributed by atoms with van der Waals surface area (Å²) >= 11 is 0. The highest BCUT2D eigenvalue weighted by Gasteiger charge is 2.30. The molecule has 4 rings (SSSR count). The fourth-order valence-corrected chi connectivity index (χ4v) is 3.76. The molecule has 1 unspecified atom stereocenters. The molecule has 0 bridgehead atoms. The van der Waals surface area contributed by atoms with Gasteiger partial charge in [0.2, 0.25) is 5.89 Å². The molecule has 0 radical (unpaired) electrons. The SMILES string of the molecule is Cc1nc(CN(C)C(=O)c2cc(F)c(F)c(-c3nnc(C(C)(N)Cc4ccccc4)o3)c2)c(C)o1. The molecule has 8 nitrogen and oxygen atoms in total. The van der Waals surface area contributed by atoms with Crippen molar-refractivity contribution in [2.45, 2.75) is 39.3 Å². The summed E-state index contributed by atoms with van der Waals surface area (Å²) in [5.74, 6) is -2.14. The molecule has 4 aromatic rings. The van der Waals surface area contributed by atoms with Crippen LogP contribution >= 0.6 is 0 Å². The van der Waals surface area contributed by atoms with Gasteiger partial charge in [-0.3, -0.25) is 4.79 Å². The van der Waals surface area contributed by atoms with Gasteiger partial charge in [-0.1, -0.05) is 30.3 Å². The summed E-state index contributed by atoms with van der Waals surface area (Å²) in [5.41, 5.74) is 6.45. The number of hydrogen-bond donors (Lipinski definition) is 1. The second-order valence-corrected chi connectivity index (χ2v) is 8.71. The van der Waals surface area contributed by atoms with Crippen molar-refractivity contribution in [3.8, 4) is 11.5 Å². The highest BCUT2D eigenvalue weighted by atomic mass is 19.2. The zero-order chi connectivity index (χ0) is 25.3. The monoisotopic (exact) mass is 481 g/mol. The van der Waals surface area contributed by atoms with Crippen molar-refractivity contribution in [3.05, 3.63) is 88.5 Å². The van der Waals surface area contributed by atoms with Gasteiger partial charge in [-0.15, -0.1) is 10.2 Å². The quantitative estimate of drug-likeness (QED) is 0.419. The second-order valence-electron chi connectivity index (χ2n) is 8.71. The van der Waals surface area contributed by atoms with Crippen molar-refractivity contribution >= 4 is 5.91 Å². The average molecular weight is 482 g/mol. The summed E-state index contributed by atoms with van der Waals surface area (Å²) in [4.78, 5) is 18.5. The van der Waals surface area contributed by atoms with Gasteiger partial charge in [-0.25, -0.2) is 13.8 Å². The Labute approximate surface area is 200 Å². The zero-order valence-corrected chi connectivity index (χ0v) is 19.8. The number of benzene rings is 2. The molecule has 0 saturated carbocycles. The number of nitrogens with zero attached hydrogens (tertiary/aromatic N) is 4. The van der Waals surface area contributed by atoms with Gasteiger partial charge in [0.1, 0.15) is 11.5 Å². The van der Waals surface area contributed by atoms with Crippen molar-refractivity contribution in [2.75, 3.05) is 7.05 Å². The fourth-order valence-electron chi connectivity index (χ4n) is 3.76. The predicted octanol–water partition coefficient (Wildman–Crippen LogP) is 4.31.